The fraction of sp³-hybridized carbons (Fsp3) is 0.538. The molecule has 5 heteroatoms. The van der Waals surface area contributed by atoms with Crippen molar-refractivity contribution < 1.29 is 8.42 Å². The summed E-state index contributed by atoms with van der Waals surface area (Å²) in [6, 6.07) is 5.89. The topological polar surface area (TPSA) is 49.4 Å². The van der Waals surface area contributed by atoms with Crippen LogP contribution in [0.4, 0.5) is 5.69 Å². The summed E-state index contributed by atoms with van der Waals surface area (Å²) in [5.74, 6) is 0.216. The van der Waals surface area contributed by atoms with Crippen LogP contribution < -0.4 is 9.62 Å². The van der Waals surface area contributed by atoms with Gasteiger partial charge in [0.25, 0.3) is 0 Å². The number of nitrogens with zero attached hydrogens (tertiary/aromatic N) is 1. The predicted octanol–water partition coefficient (Wildman–Crippen LogP) is 1.43. The number of hydrogen-bond donors (Lipinski definition) is 1. The van der Waals surface area contributed by atoms with Crippen molar-refractivity contribution >= 4 is 15.7 Å². The van der Waals surface area contributed by atoms with Gasteiger partial charge in [0, 0.05) is 13.1 Å². The molecule has 0 saturated carbocycles. The van der Waals surface area contributed by atoms with Gasteiger partial charge in [-0.2, -0.15) is 0 Å². The summed E-state index contributed by atoms with van der Waals surface area (Å²) in [7, 11) is -3.18. The van der Waals surface area contributed by atoms with Crippen LogP contribution in [0.25, 0.3) is 0 Å². The summed E-state index contributed by atoms with van der Waals surface area (Å²) in [5.41, 5.74) is 2.97. The maximum Gasteiger partial charge on any atom is 0.235 e. The molecular formula is C13H20N2O2S. The fourth-order valence-electron chi connectivity index (χ4n) is 2.29. The minimum absolute atomic E-state index is 0.216. The largest absolute Gasteiger partial charge is 0.315 e. The molecule has 1 fully saturated rings. The van der Waals surface area contributed by atoms with Crippen LogP contribution in [0.3, 0.4) is 0 Å². The first-order valence-corrected chi connectivity index (χ1v) is 7.90. The molecule has 4 nitrogen and oxygen atoms in total. The normalized spacial score (nSPS) is 20.2. The van der Waals surface area contributed by atoms with Gasteiger partial charge in [0.2, 0.25) is 10.0 Å². The summed E-state index contributed by atoms with van der Waals surface area (Å²) in [4.78, 5) is 0. The molecule has 100 valence electrons. The van der Waals surface area contributed by atoms with Crippen LogP contribution in [-0.4, -0.2) is 33.8 Å². The highest BCUT2D eigenvalue weighted by Gasteiger charge is 2.24. The molecule has 1 aliphatic rings. The predicted molar refractivity (Wildman–Crippen MR) is 74.5 cm³/mol. The Morgan fingerprint density at radius 2 is 2.00 bits per heavy atom. The Morgan fingerprint density at radius 3 is 2.72 bits per heavy atom. The van der Waals surface area contributed by atoms with Crippen LogP contribution >= 0.6 is 0 Å². The second-order valence-corrected chi connectivity index (χ2v) is 6.79. The van der Waals surface area contributed by atoms with Gasteiger partial charge in [-0.15, -0.1) is 0 Å². The highest BCUT2D eigenvalue weighted by atomic mass is 32.2. The number of benzene rings is 1. The molecule has 0 atom stereocenters. The first kappa shape index (κ1) is 13.4. The molecule has 1 N–H and O–H groups in total. The second-order valence-electron chi connectivity index (χ2n) is 4.78. The third-order valence-corrected chi connectivity index (χ3v) is 5.06. The lowest BCUT2D eigenvalue weighted by molar-refractivity contribution is 0.572. The molecule has 0 bridgehead atoms. The molecule has 0 radical (unpaired) electrons. The first-order valence-electron chi connectivity index (χ1n) is 6.29. The van der Waals surface area contributed by atoms with E-state index >= 15 is 0 Å². The van der Waals surface area contributed by atoms with E-state index in [4.69, 9.17) is 0 Å². The summed E-state index contributed by atoms with van der Waals surface area (Å²) in [6.07, 6.45) is 0.670. The van der Waals surface area contributed by atoms with Crippen LogP contribution in [0.1, 0.15) is 17.5 Å². The zero-order chi connectivity index (χ0) is 13.2. The third kappa shape index (κ3) is 2.84. The molecule has 1 aliphatic heterocycles. The Bertz CT molecular complexity index is 526. The van der Waals surface area contributed by atoms with E-state index in [1.54, 1.807) is 4.31 Å². The molecule has 1 aromatic carbocycles. The number of hydrogen-bond acceptors (Lipinski definition) is 3. The lowest BCUT2D eigenvalue weighted by atomic mass is 10.1. The summed E-state index contributed by atoms with van der Waals surface area (Å²) < 4.78 is 26.1. The van der Waals surface area contributed by atoms with Gasteiger partial charge in [-0.05, 0) is 38.4 Å². The average Bonchev–Trinajstić information content (AvgIpc) is 2.27. The lowest BCUT2D eigenvalue weighted by Crippen LogP contribution is -2.42. The number of rotatable bonds is 1. The lowest BCUT2D eigenvalue weighted by Gasteiger charge is -2.28. The van der Waals surface area contributed by atoms with Crippen molar-refractivity contribution in [2.75, 3.05) is 29.7 Å². The quantitative estimate of drug-likeness (QED) is 0.838. The van der Waals surface area contributed by atoms with Crippen molar-refractivity contribution in [3.8, 4) is 0 Å². The number of aryl methyl sites for hydroxylation is 2. The maximum absolute atomic E-state index is 12.3. The average molecular weight is 268 g/mol. The monoisotopic (exact) mass is 268 g/mol. The Hall–Kier alpha value is -1.07. The summed E-state index contributed by atoms with van der Waals surface area (Å²) >= 11 is 0. The molecule has 0 spiro atoms. The zero-order valence-electron chi connectivity index (χ0n) is 10.9. The zero-order valence-corrected chi connectivity index (χ0v) is 11.8. The Morgan fingerprint density at radius 1 is 1.22 bits per heavy atom. The van der Waals surface area contributed by atoms with E-state index in [1.165, 1.54) is 0 Å². The van der Waals surface area contributed by atoms with E-state index in [2.05, 4.69) is 5.32 Å². The smallest absolute Gasteiger partial charge is 0.235 e. The number of anilines is 1. The van der Waals surface area contributed by atoms with Gasteiger partial charge >= 0.3 is 0 Å². The van der Waals surface area contributed by atoms with Gasteiger partial charge in [0.15, 0.2) is 0 Å². The molecule has 2 rings (SSSR count). The Kier molecular flexibility index (Phi) is 3.92. The van der Waals surface area contributed by atoms with Crippen LogP contribution in [0, 0.1) is 13.8 Å². The van der Waals surface area contributed by atoms with E-state index in [-0.39, 0.29) is 5.75 Å². The Balaban J connectivity index is 2.38. The van der Waals surface area contributed by atoms with E-state index in [0.29, 0.717) is 19.5 Å². The van der Waals surface area contributed by atoms with Crippen molar-refractivity contribution in [1.82, 2.24) is 5.32 Å². The van der Waals surface area contributed by atoms with Crippen LogP contribution in [0.2, 0.25) is 0 Å². The highest BCUT2D eigenvalue weighted by Crippen LogP contribution is 2.24. The first-order chi connectivity index (χ1) is 8.50. The van der Waals surface area contributed by atoms with Crippen LogP contribution in [0.15, 0.2) is 18.2 Å². The standard InChI is InChI=1S/C13H20N2O2S/c1-11-4-5-13(12(2)10-11)15-8-7-14-6-3-9-18(15,16)17/h4-5,10,14H,3,6-9H2,1-2H3. The number of sulfonamides is 1. The van der Waals surface area contributed by atoms with E-state index in [1.807, 2.05) is 32.0 Å². The summed E-state index contributed by atoms with van der Waals surface area (Å²) in [5, 5.41) is 3.25. The van der Waals surface area contributed by atoms with Crippen molar-refractivity contribution in [2.24, 2.45) is 0 Å². The molecule has 0 unspecified atom stereocenters. The molecule has 0 aromatic heterocycles. The van der Waals surface area contributed by atoms with Crippen LogP contribution in [0.5, 0.6) is 0 Å². The van der Waals surface area contributed by atoms with Gasteiger partial charge in [0.05, 0.1) is 11.4 Å². The van der Waals surface area contributed by atoms with Crippen molar-refractivity contribution in [1.29, 1.82) is 0 Å². The van der Waals surface area contributed by atoms with Gasteiger partial charge in [-0.1, -0.05) is 17.7 Å². The maximum atomic E-state index is 12.3. The molecule has 1 saturated heterocycles. The van der Waals surface area contributed by atoms with Crippen molar-refractivity contribution in [2.45, 2.75) is 20.3 Å². The van der Waals surface area contributed by atoms with Gasteiger partial charge in [-0.25, -0.2) is 8.42 Å². The van der Waals surface area contributed by atoms with Crippen molar-refractivity contribution in [3.63, 3.8) is 0 Å². The third-order valence-electron chi connectivity index (χ3n) is 3.20. The molecule has 0 amide bonds. The molecule has 1 aromatic rings. The highest BCUT2D eigenvalue weighted by molar-refractivity contribution is 7.92. The fourth-order valence-corrected chi connectivity index (χ4v) is 3.89. The molecule has 18 heavy (non-hydrogen) atoms. The molecule has 1 heterocycles. The minimum Gasteiger partial charge on any atom is -0.315 e. The number of nitrogens with one attached hydrogen (secondary N) is 1. The van der Waals surface area contributed by atoms with E-state index < -0.39 is 10.0 Å². The SMILES string of the molecule is Cc1ccc(N2CCNCCCS2(=O)=O)c(C)c1. The van der Waals surface area contributed by atoms with Crippen molar-refractivity contribution in [3.05, 3.63) is 29.3 Å². The molecular weight excluding hydrogens is 248 g/mol. The van der Waals surface area contributed by atoms with Crippen LogP contribution in [-0.2, 0) is 10.0 Å². The van der Waals surface area contributed by atoms with E-state index in [0.717, 1.165) is 23.4 Å². The van der Waals surface area contributed by atoms with E-state index in [9.17, 15) is 8.42 Å². The second kappa shape index (κ2) is 5.28. The minimum atomic E-state index is -3.18. The Labute approximate surface area is 109 Å². The van der Waals surface area contributed by atoms with Gasteiger partial charge < -0.3 is 5.32 Å². The molecule has 0 aliphatic carbocycles. The van der Waals surface area contributed by atoms with Gasteiger partial charge in [0.1, 0.15) is 0 Å². The summed E-state index contributed by atoms with van der Waals surface area (Å²) in [6.45, 7) is 5.96. The van der Waals surface area contributed by atoms with Gasteiger partial charge in [-0.3, -0.25) is 4.31 Å².